The van der Waals surface area contributed by atoms with E-state index in [-0.39, 0.29) is 17.5 Å². The summed E-state index contributed by atoms with van der Waals surface area (Å²) in [4.78, 5) is 22.8. The van der Waals surface area contributed by atoms with Gasteiger partial charge in [0.05, 0.1) is 0 Å². The van der Waals surface area contributed by atoms with Crippen LogP contribution in [0, 0.1) is 0 Å². The summed E-state index contributed by atoms with van der Waals surface area (Å²) in [5.41, 5.74) is 6.37. The molecule has 0 fully saturated rings. The van der Waals surface area contributed by atoms with Crippen LogP contribution in [-0.4, -0.2) is 25.4 Å². The highest BCUT2D eigenvalue weighted by Gasteiger charge is 2.34. The Bertz CT molecular complexity index is 1050. The lowest BCUT2D eigenvalue weighted by Crippen LogP contribution is -2.13. The van der Waals surface area contributed by atoms with Gasteiger partial charge in [0, 0.05) is 43.5 Å². The monoisotopic (exact) mass is 438 g/mol. The van der Waals surface area contributed by atoms with Crippen molar-refractivity contribution in [1.82, 2.24) is 19.5 Å². The summed E-state index contributed by atoms with van der Waals surface area (Å²) in [5.74, 6) is 0.270. The summed E-state index contributed by atoms with van der Waals surface area (Å²) in [7, 11) is 1.51. The number of hydrogen-bond acceptors (Lipinski definition) is 5. The van der Waals surface area contributed by atoms with Gasteiger partial charge in [-0.2, -0.15) is 13.2 Å². The Balaban J connectivity index is 1.72. The van der Waals surface area contributed by atoms with Gasteiger partial charge in [0.25, 0.3) is 0 Å². The fourth-order valence-electron chi connectivity index (χ4n) is 2.81. The number of carbonyl (C=O) groups is 1. The summed E-state index contributed by atoms with van der Waals surface area (Å²) >= 11 is 5.86. The fourth-order valence-corrected chi connectivity index (χ4v) is 2.94. The number of hydrogen-bond donors (Lipinski definition) is 2. The molecule has 0 saturated carbocycles. The normalized spacial score (nSPS) is 11.5. The zero-order valence-electron chi connectivity index (χ0n) is 15.9. The number of halogens is 4. The molecule has 2 aromatic heterocycles. The van der Waals surface area contributed by atoms with E-state index in [0.29, 0.717) is 29.9 Å². The summed E-state index contributed by atoms with van der Waals surface area (Å²) in [6, 6.07) is 6.94. The van der Waals surface area contributed by atoms with Crippen molar-refractivity contribution in [2.75, 3.05) is 5.32 Å². The van der Waals surface area contributed by atoms with E-state index in [9.17, 15) is 18.0 Å². The van der Waals surface area contributed by atoms with E-state index >= 15 is 0 Å². The van der Waals surface area contributed by atoms with Gasteiger partial charge in [0.2, 0.25) is 11.2 Å². The van der Waals surface area contributed by atoms with Gasteiger partial charge in [-0.3, -0.25) is 4.79 Å². The lowest BCUT2D eigenvalue weighted by molar-refractivity contribution is -0.140. The average molecular weight is 439 g/mol. The number of primary amides is 1. The maximum Gasteiger partial charge on any atom is 0.434 e. The van der Waals surface area contributed by atoms with E-state index in [4.69, 9.17) is 17.3 Å². The first-order valence-corrected chi connectivity index (χ1v) is 9.24. The van der Waals surface area contributed by atoms with E-state index in [1.54, 1.807) is 24.3 Å². The Morgan fingerprint density at radius 3 is 2.53 bits per heavy atom. The molecule has 3 aromatic rings. The van der Waals surface area contributed by atoms with Crippen LogP contribution < -0.4 is 11.1 Å². The van der Waals surface area contributed by atoms with Crippen LogP contribution in [0.1, 0.15) is 23.2 Å². The van der Waals surface area contributed by atoms with Gasteiger partial charge in [-0.15, -0.1) is 0 Å². The second-order valence-corrected chi connectivity index (χ2v) is 6.93. The molecule has 0 aliphatic carbocycles. The van der Waals surface area contributed by atoms with Crippen LogP contribution >= 0.6 is 11.6 Å². The smallest absolute Gasteiger partial charge is 0.370 e. The maximum absolute atomic E-state index is 12.9. The van der Waals surface area contributed by atoms with E-state index in [1.807, 2.05) is 0 Å². The molecule has 7 nitrogen and oxygen atoms in total. The molecule has 11 heteroatoms. The lowest BCUT2D eigenvalue weighted by atomic mass is 10.1. The molecule has 0 aliphatic heterocycles. The number of amides is 1. The average Bonchev–Trinajstić information content (AvgIpc) is 3.08. The van der Waals surface area contributed by atoms with Crippen molar-refractivity contribution in [3.63, 3.8) is 0 Å². The lowest BCUT2D eigenvalue weighted by Gasteiger charge is -2.11. The van der Waals surface area contributed by atoms with E-state index in [1.165, 1.54) is 17.8 Å². The minimum Gasteiger partial charge on any atom is -0.370 e. The largest absolute Gasteiger partial charge is 0.434 e. The number of benzene rings is 1. The quantitative estimate of drug-likeness (QED) is 0.549. The van der Waals surface area contributed by atoms with Crippen molar-refractivity contribution >= 4 is 23.3 Å². The molecule has 158 valence electrons. The number of carbonyl (C=O) groups excluding carboxylic acids is 1. The van der Waals surface area contributed by atoms with E-state index < -0.39 is 17.8 Å². The van der Waals surface area contributed by atoms with Gasteiger partial charge in [-0.25, -0.2) is 15.0 Å². The highest BCUT2D eigenvalue weighted by Crippen LogP contribution is 2.30. The topological polar surface area (TPSA) is 98.7 Å². The third-order valence-corrected chi connectivity index (χ3v) is 4.50. The molecule has 30 heavy (non-hydrogen) atoms. The molecule has 0 atom stereocenters. The number of imidazole rings is 1. The number of rotatable bonds is 7. The fraction of sp³-hybridized carbons (Fsp3) is 0.263. The highest BCUT2D eigenvalue weighted by molar-refractivity contribution is 6.28. The van der Waals surface area contributed by atoms with Crippen molar-refractivity contribution in [1.29, 1.82) is 0 Å². The van der Waals surface area contributed by atoms with E-state index in [0.717, 1.165) is 11.8 Å². The summed E-state index contributed by atoms with van der Waals surface area (Å²) in [5, 5.41) is 3.19. The van der Waals surface area contributed by atoms with Crippen molar-refractivity contribution < 1.29 is 18.0 Å². The zero-order valence-corrected chi connectivity index (χ0v) is 16.6. The molecule has 0 spiro atoms. The van der Waals surface area contributed by atoms with Gasteiger partial charge in [-0.05, 0) is 23.6 Å². The van der Waals surface area contributed by atoms with Gasteiger partial charge in [0.15, 0.2) is 5.69 Å². The van der Waals surface area contributed by atoms with Crippen molar-refractivity contribution in [3.8, 4) is 11.4 Å². The van der Waals surface area contributed by atoms with Crippen LogP contribution in [0.2, 0.25) is 5.28 Å². The molecule has 0 radical (unpaired) electrons. The zero-order chi connectivity index (χ0) is 21.9. The van der Waals surface area contributed by atoms with Crippen LogP contribution in [0.15, 0.2) is 36.7 Å². The molecular weight excluding hydrogens is 421 g/mol. The van der Waals surface area contributed by atoms with Crippen LogP contribution in [-0.2, 0) is 31.0 Å². The van der Waals surface area contributed by atoms with Gasteiger partial charge in [0.1, 0.15) is 11.6 Å². The number of nitrogens with two attached hydrogens (primary N) is 1. The van der Waals surface area contributed by atoms with Crippen molar-refractivity contribution in [3.05, 3.63) is 58.8 Å². The van der Waals surface area contributed by atoms with Gasteiger partial charge in [-0.1, -0.05) is 24.3 Å². The third-order valence-electron chi connectivity index (χ3n) is 4.31. The Hall–Kier alpha value is -3.14. The SMILES string of the molecule is Cn1cc(C(F)(F)F)nc1-c1ccc(CNc2nc(Cl)ncc2CCC(N)=O)cc1. The minimum absolute atomic E-state index is 0.0610. The third kappa shape index (κ3) is 5.26. The van der Waals surface area contributed by atoms with Crippen molar-refractivity contribution in [2.45, 2.75) is 25.6 Å². The maximum atomic E-state index is 12.9. The Morgan fingerprint density at radius 2 is 1.93 bits per heavy atom. The Kier molecular flexibility index (Phi) is 6.25. The molecule has 3 N–H and O–H groups in total. The van der Waals surface area contributed by atoms with Crippen LogP contribution in [0.5, 0.6) is 0 Å². The first-order valence-electron chi connectivity index (χ1n) is 8.87. The summed E-state index contributed by atoms with van der Waals surface area (Å²) in [6.07, 6.45) is -1.49. The first-order chi connectivity index (χ1) is 14.1. The molecule has 1 aromatic carbocycles. The van der Waals surface area contributed by atoms with Crippen LogP contribution in [0.4, 0.5) is 19.0 Å². The van der Waals surface area contributed by atoms with E-state index in [2.05, 4.69) is 20.3 Å². The standard InChI is InChI=1S/C19H18ClF3N6O/c1-29-10-14(19(21,22)23)27-17(29)12-4-2-11(3-5-12)8-25-16-13(6-7-15(24)30)9-26-18(20)28-16/h2-5,9-10H,6-8H2,1H3,(H2,24,30)(H,25,26,28). The minimum atomic E-state index is -4.50. The molecule has 0 aliphatic rings. The summed E-state index contributed by atoms with van der Waals surface area (Å²) < 4.78 is 39.9. The Morgan fingerprint density at radius 1 is 1.23 bits per heavy atom. The van der Waals surface area contributed by atoms with Gasteiger partial charge >= 0.3 is 6.18 Å². The van der Waals surface area contributed by atoms with Crippen LogP contribution in [0.3, 0.4) is 0 Å². The molecule has 1 amide bonds. The van der Waals surface area contributed by atoms with Crippen molar-refractivity contribution in [2.24, 2.45) is 12.8 Å². The van der Waals surface area contributed by atoms with Gasteiger partial charge < -0.3 is 15.6 Å². The molecule has 0 bridgehead atoms. The Labute approximate surface area is 175 Å². The molecular formula is C19H18ClF3N6O. The molecule has 0 saturated heterocycles. The number of anilines is 1. The van der Waals surface area contributed by atoms with Crippen LogP contribution in [0.25, 0.3) is 11.4 Å². The number of aromatic nitrogens is 4. The number of aryl methyl sites for hydroxylation is 2. The molecule has 0 unspecified atom stereocenters. The number of nitrogens with one attached hydrogen (secondary N) is 1. The highest BCUT2D eigenvalue weighted by atomic mass is 35.5. The number of alkyl halides is 3. The predicted molar refractivity (Wildman–Crippen MR) is 106 cm³/mol. The molecule has 3 rings (SSSR count). The first kappa shape index (κ1) is 21.6. The second-order valence-electron chi connectivity index (χ2n) is 6.59. The predicted octanol–water partition coefficient (Wildman–Crippen LogP) is 3.58. The number of nitrogens with zero attached hydrogens (tertiary/aromatic N) is 4. The summed E-state index contributed by atoms with van der Waals surface area (Å²) in [6.45, 7) is 0.381. The molecule has 2 heterocycles. The second kappa shape index (κ2) is 8.70.